The number of nitrogens with two attached hydrogens (primary N) is 1. The van der Waals surface area contributed by atoms with Crippen molar-refractivity contribution in [2.24, 2.45) is 0 Å². The van der Waals surface area contributed by atoms with E-state index in [1.807, 2.05) is 32.0 Å². The van der Waals surface area contributed by atoms with Crippen LogP contribution in [0.3, 0.4) is 0 Å². The molecule has 0 aliphatic carbocycles. The maximum absolute atomic E-state index is 6.18. The fourth-order valence-corrected chi connectivity index (χ4v) is 2.18. The first-order valence-electron chi connectivity index (χ1n) is 5.80. The molecule has 0 unspecified atom stereocenters. The van der Waals surface area contributed by atoms with Crippen molar-refractivity contribution >= 4 is 28.2 Å². The second-order valence-electron chi connectivity index (χ2n) is 4.37. The third-order valence-electron chi connectivity index (χ3n) is 3.04. The lowest BCUT2D eigenvalue weighted by molar-refractivity contribution is 0.810. The first-order valence-corrected chi connectivity index (χ1v) is 6.18. The molecule has 0 atom stereocenters. The van der Waals surface area contributed by atoms with E-state index >= 15 is 0 Å². The van der Waals surface area contributed by atoms with E-state index in [1.165, 1.54) is 6.33 Å². The third-order valence-corrected chi connectivity index (χ3v) is 3.59. The maximum atomic E-state index is 6.18. The zero-order valence-electron chi connectivity index (χ0n) is 10.6. The van der Waals surface area contributed by atoms with Crippen LogP contribution in [0.4, 0.5) is 5.69 Å². The van der Waals surface area contributed by atoms with Crippen LogP contribution in [0.25, 0.3) is 16.7 Å². The highest BCUT2D eigenvalue weighted by atomic mass is 35.5. The quantitative estimate of drug-likeness (QED) is 0.692. The summed E-state index contributed by atoms with van der Waals surface area (Å²) in [5, 5.41) is 5.91. The SMILES string of the molecule is Cc1nn(-c2ncnc3ccc(N)cc23)c(C)c1Cl. The van der Waals surface area contributed by atoms with Gasteiger partial charge in [0.1, 0.15) is 6.33 Å². The van der Waals surface area contributed by atoms with Crippen LogP contribution in [0, 0.1) is 13.8 Å². The van der Waals surface area contributed by atoms with Gasteiger partial charge in [-0.25, -0.2) is 14.6 Å². The molecule has 0 spiro atoms. The number of nitrogens with zero attached hydrogens (tertiary/aromatic N) is 4. The lowest BCUT2D eigenvalue weighted by atomic mass is 10.2. The van der Waals surface area contributed by atoms with Crippen molar-refractivity contribution in [1.29, 1.82) is 0 Å². The van der Waals surface area contributed by atoms with Crippen molar-refractivity contribution in [3.8, 4) is 5.82 Å². The summed E-state index contributed by atoms with van der Waals surface area (Å²) >= 11 is 6.18. The molecule has 96 valence electrons. The number of hydrogen-bond donors (Lipinski definition) is 1. The number of fused-ring (bicyclic) bond motifs is 1. The predicted octanol–water partition coefficient (Wildman–Crippen LogP) is 2.67. The highest BCUT2D eigenvalue weighted by Gasteiger charge is 2.14. The monoisotopic (exact) mass is 273 g/mol. The Morgan fingerprint density at radius 2 is 2.00 bits per heavy atom. The van der Waals surface area contributed by atoms with Gasteiger partial charge in [0.15, 0.2) is 5.82 Å². The molecule has 0 saturated heterocycles. The highest BCUT2D eigenvalue weighted by Crippen LogP contribution is 2.26. The maximum Gasteiger partial charge on any atom is 0.164 e. The van der Waals surface area contributed by atoms with Crippen LogP contribution < -0.4 is 5.73 Å². The standard InChI is InChI=1S/C13H12ClN5/c1-7-12(14)8(2)19(18-7)13-10-5-9(15)3-4-11(10)16-6-17-13/h3-6H,15H2,1-2H3. The van der Waals surface area contributed by atoms with Crippen molar-refractivity contribution in [2.75, 3.05) is 5.73 Å². The number of benzene rings is 1. The van der Waals surface area contributed by atoms with Crippen LogP contribution in [-0.4, -0.2) is 19.7 Å². The molecule has 0 aliphatic rings. The number of hydrogen-bond acceptors (Lipinski definition) is 4. The Hall–Kier alpha value is -2.14. The molecular formula is C13H12ClN5. The predicted molar refractivity (Wildman–Crippen MR) is 75.6 cm³/mol. The topological polar surface area (TPSA) is 69.6 Å². The first-order chi connectivity index (χ1) is 9.08. The largest absolute Gasteiger partial charge is 0.399 e. The first kappa shape index (κ1) is 11.9. The summed E-state index contributed by atoms with van der Waals surface area (Å²) in [7, 11) is 0. The Bertz CT molecular complexity index is 778. The second-order valence-corrected chi connectivity index (χ2v) is 4.75. The minimum absolute atomic E-state index is 0.649. The van der Waals surface area contributed by atoms with Crippen molar-refractivity contribution in [3.63, 3.8) is 0 Å². The molecular weight excluding hydrogens is 262 g/mol. The molecule has 0 radical (unpaired) electrons. The average Bonchev–Trinajstić information content (AvgIpc) is 2.66. The second kappa shape index (κ2) is 4.20. The summed E-state index contributed by atoms with van der Waals surface area (Å²) in [6.45, 7) is 3.77. The molecule has 2 heterocycles. The molecule has 3 rings (SSSR count). The van der Waals surface area contributed by atoms with E-state index in [0.29, 0.717) is 16.5 Å². The minimum Gasteiger partial charge on any atom is -0.399 e. The van der Waals surface area contributed by atoms with Gasteiger partial charge < -0.3 is 5.73 Å². The van der Waals surface area contributed by atoms with Crippen LogP contribution >= 0.6 is 11.6 Å². The molecule has 2 aromatic heterocycles. The van der Waals surface area contributed by atoms with Gasteiger partial charge >= 0.3 is 0 Å². The highest BCUT2D eigenvalue weighted by molar-refractivity contribution is 6.31. The van der Waals surface area contributed by atoms with Crippen molar-refractivity contribution in [2.45, 2.75) is 13.8 Å². The van der Waals surface area contributed by atoms with Crippen LogP contribution in [0.2, 0.25) is 5.02 Å². The smallest absolute Gasteiger partial charge is 0.164 e. The van der Waals surface area contributed by atoms with Crippen LogP contribution in [0.15, 0.2) is 24.5 Å². The summed E-state index contributed by atoms with van der Waals surface area (Å²) < 4.78 is 1.72. The Morgan fingerprint density at radius 3 is 2.68 bits per heavy atom. The van der Waals surface area contributed by atoms with Crippen molar-refractivity contribution in [3.05, 3.63) is 40.9 Å². The number of anilines is 1. The van der Waals surface area contributed by atoms with E-state index in [0.717, 1.165) is 22.3 Å². The van der Waals surface area contributed by atoms with Gasteiger partial charge in [-0.05, 0) is 32.0 Å². The van der Waals surface area contributed by atoms with E-state index in [-0.39, 0.29) is 0 Å². The Morgan fingerprint density at radius 1 is 1.21 bits per heavy atom. The van der Waals surface area contributed by atoms with E-state index in [1.54, 1.807) is 4.68 Å². The van der Waals surface area contributed by atoms with Gasteiger partial charge in [-0.3, -0.25) is 0 Å². The zero-order valence-corrected chi connectivity index (χ0v) is 11.3. The molecule has 6 heteroatoms. The van der Waals surface area contributed by atoms with Crippen LogP contribution in [0.5, 0.6) is 0 Å². The molecule has 0 aliphatic heterocycles. The minimum atomic E-state index is 0.649. The van der Waals surface area contributed by atoms with Crippen molar-refractivity contribution < 1.29 is 0 Å². The van der Waals surface area contributed by atoms with Gasteiger partial charge in [0.05, 0.1) is 21.9 Å². The molecule has 0 saturated carbocycles. The molecule has 19 heavy (non-hydrogen) atoms. The van der Waals surface area contributed by atoms with Crippen molar-refractivity contribution in [1.82, 2.24) is 19.7 Å². The number of rotatable bonds is 1. The van der Waals surface area contributed by atoms with Crippen LogP contribution in [0.1, 0.15) is 11.4 Å². The summed E-state index contributed by atoms with van der Waals surface area (Å²) in [5.41, 5.74) is 8.94. The van der Waals surface area contributed by atoms with Gasteiger partial charge in [-0.2, -0.15) is 5.10 Å². The van der Waals surface area contributed by atoms with Gasteiger partial charge in [0, 0.05) is 11.1 Å². The molecule has 0 bridgehead atoms. The fraction of sp³-hybridized carbons (Fsp3) is 0.154. The summed E-state index contributed by atoms with van der Waals surface area (Å²) in [6.07, 6.45) is 1.51. The number of aromatic nitrogens is 4. The van der Waals surface area contributed by atoms with E-state index in [9.17, 15) is 0 Å². The van der Waals surface area contributed by atoms with Gasteiger partial charge in [0.25, 0.3) is 0 Å². The summed E-state index contributed by atoms with van der Waals surface area (Å²) in [6, 6.07) is 5.52. The zero-order chi connectivity index (χ0) is 13.6. The van der Waals surface area contributed by atoms with Crippen LogP contribution in [-0.2, 0) is 0 Å². The van der Waals surface area contributed by atoms with E-state index in [4.69, 9.17) is 17.3 Å². The van der Waals surface area contributed by atoms with E-state index < -0.39 is 0 Å². The average molecular weight is 274 g/mol. The molecule has 0 amide bonds. The summed E-state index contributed by atoms with van der Waals surface area (Å²) in [4.78, 5) is 8.54. The molecule has 0 fully saturated rings. The Balaban J connectivity index is 2.36. The van der Waals surface area contributed by atoms with Gasteiger partial charge in [0.2, 0.25) is 0 Å². The third kappa shape index (κ3) is 1.82. The fourth-order valence-electron chi connectivity index (χ4n) is 2.06. The number of nitrogen functional groups attached to an aromatic ring is 1. The lowest BCUT2D eigenvalue weighted by Crippen LogP contribution is -2.04. The molecule has 5 nitrogen and oxygen atoms in total. The van der Waals surface area contributed by atoms with E-state index in [2.05, 4.69) is 15.1 Å². The number of aryl methyl sites for hydroxylation is 1. The van der Waals surface area contributed by atoms with Gasteiger partial charge in [-0.15, -0.1) is 0 Å². The molecule has 1 aromatic carbocycles. The Kier molecular flexibility index (Phi) is 2.64. The van der Waals surface area contributed by atoms with Gasteiger partial charge in [-0.1, -0.05) is 11.6 Å². The molecule has 3 aromatic rings. The normalized spacial score (nSPS) is 11.1. The molecule has 2 N–H and O–H groups in total. The number of halogens is 1. The summed E-state index contributed by atoms with van der Waals surface area (Å²) in [5.74, 6) is 0.685. The lowest BCUT2D eigenvalue weighted by Gasteiger charge is -2.07. The Labute approximate surface area is 115 Å².